The maximum atomic E-state index is 5.56. The van der Waals surface area contributed by atoms with Crippen LogP contribution in [0.2, 0.25) is 0 Å². The predicted octanol–water partition coefficient (Wildman–Crippen LogP) is 2.14. The zero-order valence-corrected chi connectivity index (χ0v) is 9.59. The minimum absolute atomic E-state index is 0.605. The van der Waals surface area contributed by atoms with Crippen LogP contribution in [0.25, 0.3) is 11.1 Å². The van der Waals surface area contributed by atoms with Gasteiger partial charge in [0.15, 0.2) is 5.58 Å². The number of oxazole rings is 1. The molecule has 3 nitrogen and oxygen atoms in total. The normalized spacial score (nSPS) is 10.4. The summed E-state index contributed by atoms with van der Waals surface area (Å²) < 4.78 is 5.56. The van der Waals surface area contributed by atoms with Gasteiger partial charge in [0.25, 0.3) is 5.22 Å². The summed E-state index contributed by atoms with van der Waals surface area (Å²) in [5.74, 6) is 3.43. The van der Waals surface area contributed by atoms with E-state index in [0.29, 0.717) is 11.8 Å². The molecule has 4 heteroatoms. The van der Waals surface area contributed by atoms with Gasteiger partial charge in [0.1, 0.15) is 5.52 Å². The average Bonchev–Trinajstić information content (AvgIpc) is 2.71. The molecule has 1 N–H and O–H groups in total. The molecule has 0 saturated carbocycles. The first-order chi connectivity index (χ1) is 7.90. The molecule has 0 amide bonds. The van der Waals surface area contributed by atoms with Crippen molar-refractivity contribution >= 4 is 22.9 Å². The fourth-order valence-corrected chi connectivity index (χ4v) is 2.02. The lowest BCUT2D eigenvalue weighted by Crippen LogP contribution is -2.16. The fourth-order valence-electron chi connectivity index (χ4n) is 1.28. The number of thioether (sulfide) groups is 1. The molecule has 1 aromatic heterocycles. The molecule has 2 aromatic rings. The number of hydrogen-bond acceptors (Lipinski definition) is 4. The van der Waals surface area contributed by atoms with E-state index < -0.39 is 0 Å². The van der Waals surface area contributed by atoms with Crippen molar-refractivity contribution in [3.05, 3.63) is 24.3 Å². The topological polar surface area (TPSA) is 38.1 Å². The molecule has 0 unspecified atom stereocenters. The number of nitrogens with zero attached hydrogens (tertiary/aromatic N) is 1. The van der Waals surface area contributed by atoms with Crippen LogP contribution in [0, 0.1) is 12.3 Å². The molecule has 0 aliphatic heterocycles. The molecule has 0 spiro atoms. The Labute approximate surface area is 98.6 Å². The van der Waals surface area contributed by atoms with Gasteiger partial charge in [-0.1, -0.05) is 29.8 Å². The highest BCUT2D eigenvalue weighted by atomic mass is 32.2. The van der Waals surface area contributed by atoms with Crippen molar-refractivity contribution in [2.75, 3.05) is 18.8 Å². The van der Waals surface area contributed by atoms with E-state index in [1.54, 1.807) is 11.8 Å². The zero-order valence-electron chi connectivity index (χ0n) is 8.77. The fraction of sp³-hybridized carbons (Fsp3) is 0.250. The number of nitrogens with one attached hydrogen (secondary N) is 1. The molecule has 0 saturated heterocycles. The summed E-state index contributed by atoms with van der Waals surface area (Å²) in [5.41, 5.74) is 1.74. The van der Waals surface area contributed by atoms with Gasteiger partial charge in [0, 0.05) is 12.3 Å². The van der Waals surface area contributed by atoms with Crippen molar-refractivity contribution in [3.63, 3.8) is 0 Å². The molecular formula is C12H12N2OS. The first-order valence-corrected chi connectivity index (χ1v) is 6.01. The third-order valence-corrected chi connectivity index (χ3v) is 2.84. The number of fused-ring (bicyclic) bond motifs is 1. The molecule has 0 aliphatic rings. The van der Waals surface area contributed by atoms with Crippen LogP contribution < -0.4 is 5.32 Å². The molecule has 82 valence electrons. The summed E-state index contributed by atoms with van der Waals surface area (Å²) in [6.07, 6.45) is 5.12. The molecule has 0 radical (unpaired) electrons. The highest BCUT2D eigenvalue weighted by Crippen LogP contribution is 2.22. The number of benzene rings is 1. The Kier molecular flexibility index (Phi) is 3.86. The third kappa shape index (κ3) is 2.78. The number of rotatable bonds is 5. The summed E-state index contributed by atoms with van der Waals surface area (Å²) in [6, 6.07) is 7.76. The minimum Gasteiger partial charge on any atom is -0.431 e. The van der Waals surface area contributed by atoms with Crippen LogP contribution in [-0.4, -0.2) is 23.8 Å². The van der Waals surface area contributed by atoms with Crippen LogP contribution >= 0.6 is 11.8 Å². The van der Waals surface area contributed by atoms with Gasteiger partial charge in [0.05, 0.1) is 6.54 Å². The van der Waals surface area contributed by atoms with E-state index >= 15 is 0 Å². The second-order valence-electron chi connectivity index (χ2n) is 3.18. The number of terminal acetylenes is 1. The van der Waals surface area contributed by atoms with Crippen molar-refractivity contribution in [2.24, 2.45) is 0 Å². The van der Waals surface area contributed by atoms with E-state index in [2.05, 4.69) is 16.2 Å². The van der Waals surface area contributed by atoms with Gasteiger partial charge in [-0.05, 0) is 12.1 Å². The van der Waals surface area contributed by atoms with Crippen molar-refractivity contribution < 1.29 is 4.42 Å². The van der Waals surface area contributed by atoms with E-state index in [1.807, 2.05) is 24.3 Å². The summed E-state index contributed by atoms with van der Waals surface area (Å²) in [5, 5.41) is 3.82. The second-order valence-corrected chi connectivity index (χ2v) is 4.22. The van der Waals surface area contributed by atoms with Crippen molar-refractivity contribution in [3.8, 4) is 12.3 Å². The van der Waals surface area contributed by atoms with Gasteiger partial charge in [0.2, 0.25) is 0 Å². The summed E-state index contributed by atoms with van der Waals surface area (Å²) >= 11 is 1.59. The van der Waals surface area contributed by atoms with Crippen LogP contribution in [0.15, 0.2) is 33.9 Å². The molecule has 1 aromatic carbocycles. The van der Waals surface area contributed by atoms with Gasteiger partial charge in [-0.15, -0.1) is 6.42 Å². The first-order valence-electron chi connectivity index (χ1n) is 5.02. The lowest BCUT2D eigenvalue weighted by atomic mass is 10.3. The molecule has 16 heavy (non-hydrogen) atoms. The molecule has 0 fully saturated rings. The monoisotopic (exact) mass is 232 g/mol. The van der Waals surface area contributed by atoms with Crippen LogP contribution in [0.4, 0.5) is 0 Å². The Morgan fingerprint density at radius 2 is 2.31 bits per heavy atom. The van der Waals surface area contributed by atoms with Gasteiger partial charge in [-0.3, -0.25) is 0 Å². The maximum Gasteiger partial charge on any atom is 0.256 e. The van der Waals surface area contributed by atoms with Crippen LogP contribution in [0.3, 0.4) is 0 Å². The molecular weight excluding hydrogens is 220 g/mol. The highest BCUT2D eigenvalue weighted by Gasteiger charge is 2.04. The minimum atomic E-state index is 0.605. The van der Waals surface area contributed by atoms with E-state index in [9.17, 15) is 0 Å². The van der Waals surface area contributed by atoms with Crippen molar-refractivity contribution in [1.82, 2.24) is 10.3 Å². The largest absolute Gasteiger partial charge is 0.431 e. The van der Waals surface area contributed by atoms with Gasteiger partial charge in [-0.2, -0.15) is 0 Å². The van der Waals surface area contributed by atoms with Crippen LogP contribution in [0.5, 0.6) is 0 Å². The molecule has 1 heterocycles. The molecule has 0 aliphatic carbocycles. The van der Waals surface area contributed by atoms with E-state index in [-0.39, 0.29) is 0 Å². The van der Waals surface area contributed by atoms with Gasteiger partial charge >= 0.3 is 0 Å². The second kappa shape index (κ2) is 5.59. The molecule has 0 atom stereocenters. The lowest BCUT2D eigenvalue weighted by Gasteiger charge is -1.97. The van der Waals surface area contributed by atoms with Gasteiger partial charge in [-0.25, -0.2) is 4.98 Å². The van der Waals surface area contributed by atoms with Gasteiger partial charge < -0.3 is 9.73 Å². The quantitative estimate of drug-likeness (QED) is 0.487. The maximum absolute atomic E-state index is 5.56. The smallest absolute Gasteiger partial charge is 0.256 e. The van der Waals surface area contributed by atoms with E-state index in [4.69, 9.17) is 10.8 Å². The Balaban J connectivity index is 1.88. The first kappa shape index (κ1) is 11.1. The Morgan fingerprint density at radius 3 is 3.12 bits per heavy atom. The van der Waals surface area contributed by atoms with Crippen molar-refractivity contribution in [1.29, 1.82) is 0 Å². The van der Waals surface area contributed by atoms with Crippen LogP contribution in [0.1, 0.15) is 0 Å². The number of aromatic nitrogens is 1. The lowest BCUT2D eigenvalue weighted by molar-refractivity contribution is 0.489. The Morgan fingerprint density at radius 1 is 1.44 bits per heavy atom. The summed E-state index contributed by atoms with van der Waals surface area (Å²) in [7, 11) is 0. The average molecular weight is 232 g/mol. The SMILES string of the molecule is C#CCNCCSc1nc2ccccc2o1. The zero-order chi connectivity index (χ0) is 11.2. The van der Waals surface area contributed by atoms with Crippen LogP contribution in [-0.2, 0) is 0 Å². The molecule has 0 bridgehead atoms. The third-order valence-electron chi connectivity index (χ3n) is 2.01. The molecule has 2 rings (SSSR count). The highest BCUT2D eigenvalue weighted by molar-refractivity contribution is 7.99. The Bertz CT molecular complexity index is 468. The predicted molar refractivity (Wildman–Crippen MR) is 66.4 cm³/mol. The summed E-state index contributed by atoms with van der Waals surface area (Å²) in [4.78, 5) is 4.36. The van der Waals surface area contributed by atoms with E-state index in [1.165, 1.54) is 0 Å². The standard InChI is InChI=1S/C12H12N2OS/c1-2-7-13-8-9-16-12-14-10-5-3-4-6-11(10)15-12/h1,3-6,13H,7-9H2. The number of hydrogen-bond donors (Lipinski definition) is 1. The van der Waals surface area contributed by atoms with E-state index in [0.717, 1.165) is 23.4 Å². The van der Waals surface area contributed by atoms with Crippen molar-refractivity contribution in [2.45, 2.75) is 5.22 Å². The summed E-state index contributed by atoms with van der Waals surface area (Å²) in [6.45, 7) is 1.46. The Hall–Kier alpha value is -1.44. The number of para-hydroxylation sites is 2.